The highest BCUT2D eigenvalue weighted by Gasteiger charge is 2.47. The monoisotopic (exact) mass is 548 g/mol. The van der Waals surface area contributed by atoms with Crippen LogP contribution in [0.2, 0.25) is 0 Å². The lowest BCUT2D eigenvalue weighted by Gasteiger charge is -2.26. The summed E-state index contributed by atoms with van der Waals surface area (Å²) in [5, 5.41) is 25.0. The molecule has 1 heterocycles. The number of para-hydroxylation sites is 1. The number of aliphatic hydroxyl groups is 1. The number of benzene rings is 4. The Kier molecular flexibility index (Phi) is 7.28. The molecule has 0 saturated carbocycles. The van der Waals surface area contributed by atoms with Crippen LogP contribution in [0.4, 0.5) is 17.1 Å². The van der Waals surface area contributed by atoms with Crippen molar-refractivity contribution in [3.8, 4) is 11.5 Å². The number of anilines is 3. The molecule has 1 amide bonds. The molecule has 208 valence electrons. The van der Waals surface area contributed by atoms with E-state index >= 15 is 0 Å². The van der Waals surface area contributed by atoms with Gasteiger partial charge in [-0.1, -0.05) is 57.2 Å². The fourth-order valence-corrected chi connectivity index (χ4v) is 4.97. The van der Waals surface area contributed by atoms with Gasteiger partial charge in [-0.05, 0) is 77.2 Å². The summed E-state index contributed by atoms with van der Waals surface area (Å²) in [4.78, 5) is 28.6. The number of methoxy groups -OCH3 is 1. The van der Waals surface area contributed by atoms with Crippen molar-refractivity contribution in [3.05, 3.63) is 119 Å². The van der Waals surface area contributed by atoms with Gasteiger partial charge in [0.15, 0.2) is 0 Å². The number of ketones is 1. The fraction of sp³-hybridized carbons (Fsp3) is 0.176. The number of phenols is 1. The highest BCUT2D eigenvalue weighted by molar-refractivity contribution is 6.51. The van der Waals surface area contributed by atoms with E-state index < -0.39 is 17.7 Å². The van der Waals surface area contributed by atoms with Crippen molar-refractivity contribution in [2.75, 3.05) is 17.3 Å². The standard InChI is InChI=1S/C34H32N2O5/c1-34(2,3)22-12-19-28(41-4)27(20-22)31(38)29-30(21-10-17-26(37)18-11-21)36(33(40)32(29)39)25-15-13-24(14-16-25)35-23-8-6-5-7-9-23/h5-20,30,35,37-38H,1-4H3/b31-29+. The molecule has 5 rings (SSSR count). The van der Waals surface area contributed by atoms with Crippen molar-refractivity contribution in [2.45, 2.75) is 32.2 Å². The summed E-state index contributed by atoms with van der Waals surface area (Å²) in [6, 6.07) is 27.6. The van der Waals surface area contributed by atoms with E-state index in [4.69, 9.17) is 4.74 Å². The molecule has 0 spiro atoms. The maximum absolute atomic E-state index is 13.6. The second kappa shape index (κ2) is 10.8. The van der Waals surface area contributed by atoms with Gasteiger partial charge in [-0.2, -0.15) is 0 Å². The van der Waals surface area contributed by atoms with Gasteiger partial charge >= 0.3 is 0 Å². The Morgan fingerprint density at radius 2 is 1.49 bits per heavy atom. The molecule has 0 bridgehead atoms. The summed E-state index contributed by atoms with van der Waals surface area (Å²) in [5.41, 5.74) is 3.72. The molecule has 7 nitrogen and oxygen atoms in total. The highest BCUT2D eigenvalue weighted by Crippen LogP contribution is 2.44. The topological polar surface area (TPSA) is 99.1 Å². The second-order valence-electron chi connectivity index (χ2n) is 11.0. The lowest BCUT2D eigenvalue weighted by atomic mass is 9.85. The zero-order valence-corrected chi connectivity index (χ0v) is 23.4. The summed E-state index contributed by atoms with van der Waals surface area (Å²) in [5.74, 6) is -1.48. The van der Waals surface area contributed by atoms with E-state index in [1.54, 1.807) is 36.4 Å². The number of ether oxygens (including phenoxy) is 1. The molecule has 1 fully saturated rings. The van der Waals surface area contributed by atoms with Crippen molar-refractivity contribution >= 4 is 34.5 Å². The molecule has 4 aromatic rings. The van der Waals surface area contributed by atoms with Gasteiger partial charge in [-0.15, -0.1) is 0 Å². The first-order chi connectivity index (χ1) is 19.6. The van der Waals surface area contributed by atoms with E-state index in [9.17, 15) is 19.8 Å². The van der Waals surface area contributed by atoms with Gasteiger partial charge in [0, 0.05) is 17.1 Å². The molecule has 0 aliphatic carbocycles. The van der Waals surface area contributed by atoms with E-state index in [1.807, 2.05) is 69.3 Å². The predicted molar refractivity (Wildman–Crippen MR) is 161 cm³/mol. The van der Waals surface area contributed by atoms with Crippen LogP contribution in [0.3, 0.4) is 0 Å². The number of Topliss-reactive ketones (excluding diaryl/α,β-unsaturated/α-hetero) is 1. The van der Waals surface area contributed by atoms with E-state index in [-0.39, 0.29) is 22.5 Å². The number of aliphatic hydroxyl groups excluding tert-OH is 1. The quantitative estimate of drug-likeness (QED) is 0.135. The van der Waals surface area contributed by atoms with E-state index in [0.717, 1.165) is 16.9 Å². The van der Waals surface area contributed by atoms with Crippen LogP contribution in [-0.4, -0.2) is 29.0 Å². The first-order valence-corrected chi connectivity index (χ1v) is 13.3. The summed E-state index contributed by atoms with van der Waals surface area (Å²) in [6.45, 7) is 6.14. The molecule has 0 aromatic heterocycles. The zero-order valence-electron chi connectivity index (χ0n) is 23.4. The molecule has 1 unspecified atom stereocenters. The van der Waals surface area contributed by atoms with Crippen molar-refractivity contribution in [1.82, 2.24) is 0 Å². The van der Waals surface area contributed by atoms with E-state index in [1.165, 1.54) is 24.1 Å². The van der Waals surface area contributed by atoms with Gasteiger partial charge in [0.1, 0.15) is 17.3 Å². The molecule has 1 saturated heterocycles. The van der Waals surface area contributed by atoms with Crippen LogP contribution in [0.15, 0.2) is 103 Å². The van der Waals surface area contributed by atoms with Crippen LogP contribution < -0.4 is 15.0 Å². The maximum atomic E-state index is 13.6. The zero-order chi connectivity index (χ0) is 29.3. The number of carbonyl (C=O) groups excluding carboxylic acids is 2. The molecule has 1 aliphatic rings. The molecule has 4 aromatic carbocycles. The lowest BCUT2D eigenvalue weighted by molar-refractivity contribution is -0.132. The Balaban J connectivity index is 1.64. The average molecular weight is 549 g/mol. The SMILES string of the molecule is COc1ccc(C(C)(C)C)cc1/C(O)=C1\C(=O)C(=O)N(c2ccc(Nc3ccccc3)cc2)C1c1ccc(O)cc1. The van der Waals surface area contributed by atoms with E-state index in [2.05, 4.69) is 5.32 Å². The second-order valence-corrected chi connectivity index (χ2v) is 11.0. The molecule has 41 heavy (non-hydrogen) atoms. The molecule has 1 atom stereocenters. The number of hydrogen-bond donors (Lipinski definition) is 3. The molecule has 0 radical (unpaired) electrons. The number of hydrogen-bond acceptors (Lipinski definition) is 6. The van der Waals surface area contributed by atoms with Gasteiger partial charge in [-0.3, -0.25) is 14.5 Å². The van der Waals surface area contributed by atoms with Crippen LogP contribution in [-0.2, 0) is 15.0 Å². The molecule has 3 N–H and O–H groups in total. The van der Waals surface area contributed by atoms with E-state index in [0.29, 0.717) is 22.6 Å². The van der Waals surface area contributed by atoms with Crippen molar-refractivity contribution in [2.24, 2.45) is 0 Å². The maximum Gasteiger partial charge on any atom is 0.300 e. The minimum atomic E-state index is -0.938. The van der Waals surface area contributed by atoms with Crippen LogP contribution in [0.5, 0.6) is 11.5 Å². The number of phenolic OH excluding ortho intramolecular Hbond substituents is 1. The number of rotatable bonds is 6. The average Bonchev–Trinajstić information content (AvgIpc) is 3.23. The Hall–Kier alpha value is -5.04. The van der Waals surface area contributed by atoms with Crippen molar-refractivity contribution in [3.63, 3.8) is 0 Å². The largest absolute Gasteiger partial charge is 0.508 e. The fourth-order valence-electron chi connectivity index (χ4n) is 4.97. The van der Waals surface area contributed by atoms with Crippen molar-refractivity contribution < 1.29 is 24.5 Å². The van der Waals surface area contributed by atoms with Crippen LogP contribution in [0.25, 0.3) is 5.76 Å². The van der Waals surface area contributed by atoms with Gasteiger partial charge in [-0.25, -0.2) is 0 Å². The smallest absolute Gasteiger partial charge is 0.300 e. The Bertz CT molecular complexity index is 1620. The van der Waals surface area contributed by atoms with Crippen LogP contribution >= 0.6 is 0 Å². The van der Waals surface area contributed by atoms with Gasteiger partial charge in [0.2, 0.25) is 0 Å². The highest BCUT2D eigenvalue weighted by atomic mass is 16.5. The number of aromatic hydroxyl groups is 1. The molecular weight excluding hydrogens is 516 g/mol. The lowest BCUT2D eigenvalue weighted by Crippen LogP contribution is -2.29. The summed E-state index contributed by atoms with van der Waals surface area (Å²) < 4.78 is 5.54. The van der Waals surface area contributed by atoms with Gasteiger partial charge in [0.05, 0.1) is 24.3 Å². The third-order valence-electron chi connectivity index (χ3n) is 7.18. The summed E-state index contributed by atoms with van der Waals surface area (Å²) in [7, 11) is 1.49. The number of amides is 1. The number of nitrogens with zero attached hydrogens (tertiary/aromatic N) is 1. The summed E-state index contributed by atoms with van der Waals surface area (Å²) in [6.07, 6.45) is 0. The Labute approximate surface area is 239 Å². The summed E-state index contributed by atoms with van der Waals surface area (Å²) >= 11 is 0. The number of nitrogens with one attached hydrogen (secondary N) is 1. The first kappa shape index (κ1) is 27.5. The third-order valence-corrected chi connectivity index (χ3v) is 7.18. The predicted octanol–water partition coefficient (Wildman–Crippen LogP) is 7.07. The van der Waals surface area contributed by atoms with Crippen LogP contribution in [0.1, 0.15) is 43.5 Å². The normalized spacial score (nSPS) is 16.6. The first-order valence-electron chi connectivity index (χ1n) is 13.3. The van der Waals surface area contributed by atoms with Gasteiger partial charge in [0.25, 0.3) is 11.7 Å². The third kappa shape index (κ3) is 5.39. The van der Waals surface area contributed by atoms with Gasteiger partial charge < -0.3 is 20.3 Å². The molecule has 1 aliphatic heterocycles. The minimum absolute atomic E-state index is 0.0431. The molecule has 7 heteroatoms. The van der Waals surface area contributed by atoms with Crippen molar-refractivity contribution in [1.29, 1.82) is 0 Å². The Morgan fingerprint density at radius 3 is 2.10 bits per heavy atom. The molecular formula is C34H32N2O5. The minimum Gasteiger partial charge on any atom is -0.508 e. The number of carbonyl (C=O) groups is 2. The van der Waals surface area contributed by atoms with Crippen LogP contribution in [0, 0.1) is 0 Å². The Morgan fingerprint density at radius 1 is 0.854 bits per heavy atom.